The minimum absolute atomic E-state index is 0. The van der Waals surface area contributed by atoms with Gasteiger partial charge in [0.2, 0.25) is 0 Å². The van der Waals surface area contributed by atoms with E-state index in [-0.39, 0.29) is 12.4 Å². The maximum Gasteiger partial charge on any atom is 0.0110 e. The molecule has 0 aromatic carbocycles. The van der Waals surface area contributed by atoms with Gasteiger partial charge in [0.1, 0.15) is 0 Å². The maximum atomic E-state index is 2.49. The minimum Gasteiger partial charge on any atom is -0.304 e. The van der Waals surface area contributed by atoms with E-state index < -0.39 is 0 Å². The molecule has 0 N–H and O–H groups in total. The van der Waals surface area contributed by atoms with Crippen LogP contribution in [0.3, 0.4) is 0 Å². The van der Waals surface area contributed by atoms with Gasteiger partial charge in [0.25, 0.3) is 0 Å². The summed E-state index contributed by atoms with van der Waals surface area (Å²) in [6.45, 7) is 8.45. The van der Waals surface area contributed by atoms with Crippen LogP contribution in [-0.2, 0) is 0 Å². The van der Waals surface area contributed by atoms with Crippen LogP contribution in [0.15, 0.2) is 0 Å². The molecule has 3 heteroatoms. The van der Waals surface area contributed by atoms with Gasteiger partial charge in [0.05, 0.1) is 0 Å². The number of likely N-dealkylation sites (N-methyl/N-ethyl adjacent to an activating group) is 2. The average molecular weight is 165 g/mol. The van der Waals surface area contributed by atoms with Gasteiger partial charge < -0.3 is 9.80 Å². The molecule has 0 unspecified atom stereocenters. The number of nitrogens with zero attached hydrogens (tertiary/aromatic N) is 2. The molecular weight excluding hydrogens is 148 g/mol. The molecule has 0 aliphatic carbocycles. The van der Waals surface area contributed by atoms with Crippen molar-refractivity contribution in [2.24, 2.45) is 0 Å². The Morgan fingerprint density at radius 3 is 2.00 bits per heavy atom. The molecule has 1 aliphatic heterocycles. The van der Waals surface area contributed by atoms with Crippen LogP contribution in [0.25, 0.3) is 0 Å². The molecule has 0 bridgehead atoms. The fourth-order valence-electron chi connectivity index (χ4n) is 1.16. The Morgan fingerprint density at radius 1 is 1.10 bits per heavy atom. The van der Waals surface area contributed by atoms with E-state index in [2.05, 4.69) is 23.8 Å². The summed E-state index contributed by atoms with van der Waals surface area (Å²) >= 11 is 0. The van der Waals surface area contributed by atoms with Crippen molar-refractivity contribution in [1.82, 2.24) is 9.80 Å². The van der Waals surface area contributed by atoms with E-state index in [0.717, 1.165) is 0 Å². The van der Waals surface area contributed by atoms with Gasteiger partial charge in [-0.15, -0.1) is 12.4 Å². The van der Waals surface area contributed by atoms with Gasteiger partial charge in [-0.3, -0.25) is 0 Å². The summed E-state index contributed by atoms with van der Waals surface area (Å²) in [5.41, 5.74) is 0. The van der Waals surface area contributed by atoms with Crippen molar-refractivity contribution >= 4 is 12.4 Å². The molecular formula is C7H17ClN2. The number of halogens is 1. The van der Waals surface area contributed by atoms with Crippen molar-refractivity contribution in [2.45, 2.75) is 6.92 Å². The molecule has 0 atom stereocenters. The third-order valence-electron chi connectivity index (χ3n) is 2.04. The standard InChI is InChI=1S/C7H16N2.ClH/c1-3-9-6-4-8(2)5-7-9;/h3-7H2,1-2H3;1H. The Balaban J connectivity index is 0.000000810. The van der Waals surface area contributed by atoms with Crippen molar-refractivity contribution in [3.05, 3.63) is 0 Å². The van der Waals surface area contributed by atoms with Gasteiger partial charge >= 0.3 is 0 Å². The molecule has 0 spiro atoms. The van der Waals surface area contributed by atoms with Gasteiger partial charge in [-0.2, -0.15) is 0 Å². The van der Waals surface area contributed by atoms with Crippen LogP contribution in [0.2, 0.25) is 0 Å². The molecule has 0 saturated carbocycles. The summed E-state index contributed by atoms with van der Waals surface area (Å²) < 4.78 is 0. The highest BCUT2D eigenvalue weighted by Gasteiger charge is 2.10. The Kier molecular flexibility index (Phi) is 5.04. The van der Waals surface area contributed by atoms with Gasteiger partial charge in [0, 0.05) is 26.2 Å². The zero-order valence-electron chi connectivity index (χ0n) is 6.84. The fraction of sp³-hybridized carbons (Fsp3) is 1.00. The van der Waals surface area contributed by atoms with Crippen molar-refractivity contribution in [1.29, 1.82) is 0 Å². The van der Waals surface area contributed by atoms with Crippen LogP contribution in [0, 0.1) is 0 Å². The monoisotopic (exact) mass is 164 g/mol. The maximum absolute atomic E-state index is 2.49. The lowest BCUT2D eigenvalue weighted by molar-refractivity contribution is 0.160. The highest BCUT2D eigenvalue weighted by molar-refractivity contribution is 5.85. The zero-order chi connectivity index (χ0) is 6.69. The molecule has 1 rings (SSSR count). The Bertz CT molecular complexity index is 79.7. The van der Waals surface area contributed by atoms with Crippen LogP contribution in [0.4, 0.5) is 0 Å². The van der Waals surface area contributed by atoms with Crippen LogP contribution in [0.5, 0.6) is 0 Å². The zero-order valence-corrected chi connectivity index (χ0v) is 7.65. The summed E-state index contributed by atoms with van der Waals surface area (Å²) in [5, 5.41) is 0. The predicted octanol–water partition coefficient (Wildman–Crippen LogP) is 0.675. The third-order valence-corrected chi connectivity index (χ3v) is 2.04. The molecule has 0 amide bonds. The molecule has 1 heterocycles. The van der Waals surface area contributed by atoms with Crippen molar-refractivity contribution in [2.75, 3.05) is 39.8 Å². The number of rotatable bonds is 1. The lowest BCUT2D eigenvalue weighted by Gasteiger charge is -2.31. The topological polar surface area (TPSA) is 6.48 Å². The highest BCUT2D eigenvalue weighted by Crippen LogP contribution is 1.96. The Morgan fingerprint density at radius 2 is 1.60 bits per heavy atom. The summed E-state index contributed by atoms with van der Waals surface area (Å²) in [4.78, 5) is 4.87. The van der Waals surface area contributed by atoms with E-state index in [4.69, 9.17) is 0 Å². The molecule has 62 valence electrons. The average Bonchev–Trinajstić information content (AvgIpc) is 1.90. The van der Waals surface area contributed by atoms with Crippen LogP contribution < -0.4 is 0 Å². The summed E-state index contributed by atoms with van der Waals surface area (Å²) in [6.07, 6.45) is 0. The molecule has 0 aromatic heterocycles. The lowest BCUT2D eigenvalue weighted by Crippen LogP contribution is -2.44. The van der Waals surface area contributed by atoms with Crippen LogP contribution in [0.1, 0.15) is 6.92 Å². The second kappa shape index (κ2) is 4.94. The molecule has 2 nitrogen and oxygen atoms in total. The largest absolute Gasteiger partial charge is 0.304 e. The van der Waals surface area contributed by atoms with Crippen molar-refractivity contribution in [3.63, 3.8) is 0 Å². The van der Waals surface area contributed by atoms with Crippen LogP contribution in [-0.4, -0.2) is 49.6 Å². The quantitative estimate of drug-likeness (QED) is 0.563. The van der Waals surface area contributed by atoms with E-state index in [1.54, 1.807) is 0 Å². The summed E-state index contributed by atoms with van der Waals surface area (Å²) in [5.74, 6) is 0. The van der Waals surface area contributed by atoms with Crippen molar-refractivity contribution in [3.8, 4) is 0 Å². The summed E-state index contributed by atoms with van der Waals surface area (Å²) in [7, 11) is 2.19. The van der Waals surface area contributed by atoms with Gasteiger partial charge in [0.15, 0.2) is 0 Å². The molecule has 0 radical (unpaired) electrons. The number of hydrogen-bond donors (Lipinski definition) is 0. The van der Waals surface area contributed by atoms with Gasteiger partial charge in [-0.1, -0.05) is 6.92 Å². The second-order valence-electron chi connectivity index (χ2n) is 2.74. The Hall–Kier alpha value is 0.210. The Labute approximate surface area is 69.6 Å². The SMILES string of the molecule is CCN1CCN(C)CC1.Cl. The van der Waals surface area contributed by atoms with E-state index in [1.807, 2.05) is 0 Å². The second-order valence-corrected chi connectivity index (χ2v) is 2.74. The predicted molar refractivity (Wildman–Crippen MR) is 46.9 cm³/mol. The molecule has 1 aliphatic rings. The van der Waals surface area contributed by atoms with Crippen LogP contribution >= 0.6 is 12.4 Å². The fourth-order valence-corrected chi connectivity index (χ4v) is 1.16. The first kappa shape index (κ1) is 10.2. The molecule has 1 saturated heterocycles. The van der Waals surface area contributed by atoms with E-state index in [1.165, 1.54) is 32.7 Å². The normalized spacial score (nSPS) is 22.2. The number of hydrogen-bond acceptors (Lipinski definition) is 2. The van der Waals surface area contributed by atoms with E-state index in [9.17, 15) is 0 Å². The van der Waals surface area contributed by atoms with E-state index >= 15 is 0 Å². The van der Waals surface area contributed by atoms with Gasteiger partial charge in [-0.05, 0) is 13.6 Å². The highest BCUT2D eigenvalue weighted by atomic mass is 35.5. The lowest BCUT2D eigenvalue weighted by atomic mass is 10.3. The number of piperazine rings is 1. The smallest absolute Gasteiger partial charge is 0.0110 e. The minimum atomic E-state index is 0. The molecule has 0 aromatic rings. The first-order chi connectivity index (χ1) is 4.33. The van der Waals surface area contributed by atoms with Crippen molar-refractivity contribution < 1.29 is 0 Å². The van der Waals surface area contributed by atoms with E-state index in [0.29, 0.717) is 0 Å². The summed E-state index contributed by atoms with van der Waals surface area (Å²) in [6, 6.07) is 0. The first-order valence-electron chi connectivity index (χ1n) is 3.74. The third kappa shape index (κ3) is 2.86. The molecule has 10 heavy (non-hydrogen) atoms. The first-order valence-corrected chi connectivity index (χ1v) is 3.74. The molecule has 1 fully saturated rings. The van der Waals surface area contributed by atoms with Gasteiger partial charge in [-0.25, -0.2) is 0 Å².